The van der Waals surface area contributed by atoms with Gasteiger partial charge in [-0.15, -0.1) is 0 Å². The molecule has 1 aromatic rings. The van der Waals surface area contributed by atoms with E-state index >= 15 is 0 Å². The Morgan fingerprint density at radius 1 is 1.42 bits per heavy atom. The second-order valence-electron chi connectivity index (χ2n) is 4.77. The van der Waals surface area contributed by atoms with Gasteiger partial charge in [-0.3, -0.25) is 4.79 Å². The summed E-state index contributed by atoms with van der Waals surface area (Å²) < 4.78 is 14.1. The first-order valence-corrected chi connectivity index (χ1v) is 6.60. The quantitative estimate of drug-likeness (QED) is 0.869. The molecule has 1 aromatic carbocycles. The molecule has 1 aliphatic heterocycles. The molecule has 0 aliphatic carbocycles. The number of carbonyl (C=O) groups is 1. The van der Waals surface area contributed by atoms with E-state index in [2.05, 4.69) is 15.5 Å². The number of hydrogen-bond acceptors (Lipinski definition) is 3. The molecule has 1 unspecified atom stereocenters. The lowest BCUT2D eigenvalue weighted by Gasteiger charge is -2.27. The predicted molar refractivity (Wildman–Crippen MR) is 73.7 cm³/mol. The zero-order valence-electron chi connectivity index (χ0n) is 11.4. The smallest absolute Gasteiger partial charge is 0.221 e. The highest BCUT2D eigenvalue weighted by Gasteiger charge is 2.20. The van der Waals surface area contributed by atoms with Gasteiger partial charge in [0.2, 0.25) is 5.91 Å². The van der Waals surface area contributed by atoms with Gasteiger partial charge >= 0.3 is 0 Å². The first-order chi connectivity index (χ1) is 9.13. The summed E-state index contributed by atoms with van der Waals surface area (Å²) in [5.74, 6) is -0.148. The Kier molecular flexibility index (Phi) is 4.37. The predicted octanol–water partition coefficient (Wildman–Crippen LogP) is 1.43. The Bertz CT molecular complexity index is 464. The summed E-state index contributed by atoms with van der Waals surface area (Å²) in [6.07, 6.45) is 0.448. The van der Waals surface area contributed by atoms with Crippen molar-refractivity contribution in [2.75, 3.05) is 31.6 Å². The fourth-order valence-corrected chi connectivity index (χ4v) is 2.38. The van der Waals surface area contributed by atoms with Crippen molar-refractivity contribution in [2.24, 2.45) is 0 Å². The molecule has 0 spiro atoms. The second kappa shape index (κ2) is 6.02. The lowest BCUT2D eigenvalue weighted by Crippen LogP contribution is -2.30. The molecule has 0 saturated carbocycles. The minimum atomic E-state index is -0.206. The number of benzene rings is 1. The number of anilines is 1. The van der Waals surface area contributed by atoms with Crippen molar-refractivity contribution in [2.45, 2.75) is 19.4 Å². The van der Waals surface area contributed by atoms with Crippen molar-refractivity contribution in [3.63, 3.8) is 0 Å². The van der Waals surface area contributed by atoms with Gasteiger partial charge in [0.05, 0.1) is 0 Å². The van der Waals surface area contributed by atoms with Gasteiger partial charge in [-0.2, -0.15) is 0 Å². The summed E-state index contributed by atoms with van der Waals surface area (Å²) in [5.41, 5.74) is 1.54. The van der Waals surface area contributed by atoms with Gasteiger partial charge < -0.3 is 15.5 Å². The third-order valence-corrected chi connectivity index (χ3v) is 3.55. The molecule has 1 heterocycles. The third-order valence-electron chi connectivity index (χ3n) is 3.55. The summed E-state index contributed by atoms with van der Waals surface area (Å²) in [7, 11) is 1.81. The molecule has 2 N–H and O–H groups in total. The van der Waals surface area contributed by atoms with Crippen LogP contribution in [0.4, 0.5) is 10.1 Å². The zero-order valence-corrected chi connectivity index (χ0v) is 11.4. The minimum Gasteiger partial charge on any atom is -0.369 e. The molecule has 1 saturated heterocycles. The maximum atomic E-state index is 14.1. The molecule has 1 aliphatic rings. The number of amides is 1. The average molecular weight is 265 g/mol. The minimum absolute atomic E-state index is 0.0575. The van der Waals surface area contributed by atoms with Crippen LogP contribution in [-0.4, -0.2) is 32.6 Å². The molecule has 19 heavy (non-hydrogen) atoms. The van der Waals surface area contributed by atoms with E-state index in [9.17, 15) is 9.18 Å². The summed E-state index contributed by atoms with van der Waals surface area (Å²) in [5, 5.41) is 5.91. The molecule has 4 nitrogen and oxygen atoms in total. The Hall–Kier alpha value is -1.62. The molecule has 1 fully saturated rings. The van der Waals surface area contributed by atoms with Gasteiger partial charge in [-0.1, -0.05) is 6.07 Å². The van der Waals surface area contributed by atoms with Crippen molar-refractivity contribution in [1.29, 1.82) is 0 Å². The van der Waals surface area contributed by atoms with Crippen LogP contribution in [0.2, 0.25) is 0 Å². The first-order valence-electron chi connectivity index (χ1n) is 6.60. The van der Waals surface area contributed by atoms with Gasteiger partial charge in [0.15, 0.2) is 0 Å². The maximum Gasteiger partial charge on any atom is 0.221 e. The van der Waals surface area contributed by atoms with E-state index in [-0.39, 0.29) is 17.8 Å². The van der Waals surface area contributed by atoms with Gasteiger partial charge in [0.1, 0.15) is 5.82 Å². The van der Waals surface area contributed by atoms with E-state index in [1.165, 1.54) is 6.07 Å². The highest BCUT2D eigenvalue weighted by molar-refractivity contribution is 5.77. The van der Waals surface area contributed by atoms with Crippen molar-refractivity contribution < 1.29 is 9.18 Å². The van der Waals surface area contributed by atoms with Crippen LogP contribution in [0.1, 0.15) is 24.9 Å². The summed E-state index contributed by atoms with van der Waals surface area (Å²) in [6, 6.07) is 5.05. The van der Waals surface area contributed by atoms with Gasteiger partial charge in [-0.25, -0.2) is 4.39 Å². The van der Waals surface area contributed by atoms with Crippen LogP contribution in [0.3, 0.4) is 0 Å². The van der Waals surface area contributed by atoms with Crippen LogP contribution in [0, 0.1) is 5.82 Å². The standard InChI is InChI=1S/C14H20FN3O/c1-10(16-2)14-11(15)4-3-5-12(14)18-8-6-13(19)17-7-9-18/h3-5,10,16H,6-9H2,1-2H3,(H,17,19). The van der Waals surface area contributed by atoms with E-state index < -0.39 is 0 Å². The fourth-order valence-electron chi connectivity index (χ4n) is 2.38. The number of rotatable bonds is 3. The van der Waals surface area contributed by atoms with E-state index in [0.717, 1.165) is 5.69 Å². The fraction of sp³-hybridized carbons (Fsp3) is 0.500. The van der Waals surface area contributed by atoms with Crippen LogP contribution < -0.4 is 15.5 Å². The van der Waals surface area contributed by atoms with Gasteiger partial charge in [0, 0.05) is 43.3 Å². The third kappa shape index (κ3) is 3.04. The zero-order chi connectivity index (χ0) is 13.8. The van der Waals surface area contributed by atoms with Crippen LogP contribution in [-0.2, 0) is 4.79 Å². The van der Waals surface area contributed by atoms with E-state index in [1.54, 1.807) is 6.07 Å². The Balaban J connectivity index is 2.33. The average Bonchev–Trinajstić information content (AvgIpc) is 2.62. The Morgan fingerprint density at radius 3 is 2.95 bits per heavy atom. The highest BCUT2D eigenvalue weighted by Crippen LogP contribution is 2.29. The van der Waals surface area contributed by atoms with E-state index in [1.807, 2.05) is 20.0 Å². The molecule has 0 aromatic heterocycles. The molecular formula is C14H20FN3O. The highest BCUT2D eigenvalue weighted by atomic mass is 19.1. The normalized spacial score (nSPS) is 17.8. The van der Waals surface area contributed by atoms with Crippen molar-refractivity contribution in [1.82, 2.24) is 10.6 Å². The molecule has 2 rings (SSSR count). The van der Waals surface area contributed by atoms with Gasteiger partial charge in [-0.05, 0) is 26.1 Å². The Morgan fingerprint density at radius 2 is 2.21 bits per heavy atom. The largest absolute Gasteiger partial charge is 0.369 e. The summed E-state index contributed by atoms with van der Waals surface area (Å²) >= 11 is 0. The number of hydrogen-bond donors (Lipinski definition) is 2. The second-order valence-corrected chi connectivity index (χ2v) is 4.77. The Labute approximate surface area is 113 Å². The number of halogens is 1. The molecule has 0 bridgehead atoms. The number of carbonyl (C=O) groups excluding carboxylic acids is 1. The van der Waals surface area contributed by atoms with Crippen LogP contribution >= 0.6 is 0 Å². The number of nitrogens with zero attached hydrogens (tertiary/aromatic N) is 1. The summed E-state index contributed by atoms with van der Waals surface area (Å²) in [4.78, 5) is 13.5. The maximum absolute atomic E-state index is 14.1. The molecule has 1 amide bonds. The van der Waals surface area contributed by atoms with E-state index in [4.69, 9.17) is 0 Å². The van der Waals surface area contributed by atoms with Crippen LogP contribution in [0.15, 0.2) is 18.2 Å². The topological polar surface area (TPSA) is 44.4 Å². The van der Waals surface area contributed by atoms with Crippen molar-refractivity contribution in [3.8, 4) is 0 Å². The van der Waals surface area contributed by atoms with Gasteiger partial charge in [0.25, 0.3) is 0 Å². The van der Waals surface area contributed by atoms with Crippen molar-refractivity contribution in [3.05, 3.63) is 29.6 Å². The number of nitrogens with one attached hydrogen (secondary N) is 2. The van der Waals surface area contributed by atoms with Crippen LogP contribution in [0.25, 0.3) is 0 Å². The lowest BCUT2D eigenvalue weighted by molar-refractivity contribution is -0.120. The van der Waals surface area contributed by atoms with Crippen molar-refractivity contribution >= 4 is 11.6 Å². The molecular weight excluding hydrogens is 245 g/mol. The SMILES string of the molecule is CNC(C)c1c(F)cccc1N1CCNC(=O)CC1. The molecule has 1 atom stereocenters. The molecule has 0 radical (unpaired) electrons. The summed E-state index contributed by atoms with van der Waals surface area (Å²) in [6.45, 7) is 3.86. The van der Waals surface area contributed by atoms with Crippen LogP contribution in [0.5, 0.6) is 0 Å². The van der Waals surface area contributed by atoms with E-state index in [0.29, 0.717) is 31.6 Å². The first kappa shape index (κ1) is 13.8. The monoisotopic (exact) mass is 265 g/mol. The molecule has 5 heteroatoms. The lowest BCUT2D eigenvalue weighted by atomic mass is 10.0. The molecule has 104 valence electrons.